The molecule has 2 aromatic carbocycles. The van der Waals surface area contributed by atoms with Gasteiger partial charge in [-0.3, -0.25) is 4.98 Å². The number of carboxylic acid groups (broad SMARTS) is 1. The number of aromatic carboxylic acids is 1. The molecule has 0 aliphatic heterocycles. The average molecular weight is 381 g/mol. The quantitative estimate of drug-likeness (QED) is 0.526. The maximum atomic E-state index is 14.5. The van der Waals surface area contributed by atoms with E-state index in [9.17, 15) is 14.3 Å². The summed E-state index contributed by atoms with van der Waals surface area (Å²) in [4.78, 5) is 16.3. The predicted molar refractivity (Wildman–Crippen MR) is 103 cm³/mol. The van der Waals surface area contributed by atoms with E-state index >= 15 is 0 Å². The van der Waals surface area contributed by atoms with Crippen LogP contribution < -0.4 is 0 Å². The van der Waals surface area contributed by atoms with Crippen LogP contribution in [0.1, 0.15) is 16.1 Å². The van der Waals surface area contributed by atoms with Crippen molar-refractivity contribution in [3.63, 3.8) is 0 Å². The molecule has 0 fully saturated rings. The van der Waals surface area contributed by atoms with Gasteiger partial charge in [-0.25, -0.2) is 9.18 Å². The highest BCUT2D eigenvalue weighted by molar-refractivity contribution is 6.31. The van der Waals surface area contributed by atoms with Gasteiger partial charge in [0.05, 0.1) is 0 Å². The summed E-state index contributed by atoms with van der Waals surface area (Å²) in [7, 11) is 0. The van der Waals surface area contributed by atoms with Gasteiger partial charge >= 0.3 is 5.97 Å². The molecule has 0 aliphatic rings. The van der Waals surface area contributed by atoms with Gasteiger partial charge in [-0.05, 0) is 35.9 Å². The second-order valence-electron chi connectivity index (χ2n) is 6.12. The molecule has 2 heterocycles. The molecule has 4 aromatic rings. The van der Waals surface area contributed by atoms with E-state index in [2.05, 4.69) is 4.98 Å². The monoisotopic (exact) mass is 380 g/mol. The lowest BCUT2D eigenvalue weighted by Crippen LogP contribution is -2.11. The Morgan fingerprint density at radius 3 is 2.67 bits per heavy atom. The fourth-order valence-electron chi connectivity index (χ4n) is 3.32. The molecule has 0 saturated carbocycles. The van der Waals surface area contributed by atoms with Crippen LogP contribution in [0.5, 0.6) is 0 Å². The molecule has 134 valence electrons. The normalized spacial score (nSPS) is 11.0. The Kier molecular flexibility index (Phi) is 4.38. The Balaban J connectivity index is 2.07. The number of pyridine rings is 1. The van der Waals surface area contributed by atoms with Crippen LogP contribution in [0, 0.1) is 5.82 Å². The Morgan fingerprint density at radius 1 is 1.15 bits per heavy atom. The van der Waals surface area contributed by atoms with E-state index in [1.54, 1.807) is 59.4 Å². The van der Waals surface area contributed by atoms with Crippen LogP contribution in [-0.4, -0.2) is 20.6 Å². The summed E-state index contributed by atoms with van der Waals surface area (Å²) in [6, 6.07) is 14.9. The molecule has 4 nitrogen and oxygen atoms in total. The molecule has 27 heavy (non-hydrogen) atoms. The molecular formula is C21H14ClFN2O2. The highest BCUT2D eigenvalue weighted by Crippen LogP contribution is 2.38. The summed E-state index contributed by atoms with van der Waals surface area (Å²) in [6.45, 7) is 0.294. The Morgan fingerprint density at radius 2 is 1.96 bits per heavy atom. The predicted octanol–water partition coefficient (Wildman–Crippen LogP) is 5.24. The van der Waals surface area contributed by atoms with Gasteiger partial charge < -0.3 is 9.67 Å². The number of hydrogen-bond donors (Lipinski definition) is 1. The zero-order valence-corrected chi connectivity index (χ0v) is 14.8. The van der Waals surface area contributed by atoms with Gasteiger partial charge in [0.15, 0.2) is 0 Å². The van der Waals surface area contributed by atoms with Gasteiger partial charge in [-0.2, -0.15) is 0 Å². The molecule has 0 spiro atoms. The van der Waals surface area contributed by atoms with Crippen molar-refractivity contribution >= 4 is 28.5 Å². The van der Waals surface area contributed by atoms with Crippen LogP contribution in [0.25, 0.3) is 22.0 Å². The maximum absolute atomic E-state index is 14.5. The second-order valence-corrected chi connectivity index (χ2v) is 6.55. The lowest BCUT2D eigenvalue weighted by molar-refractivity contribution is 0.0687. The van der Waals surface area contributed by atoms with Crippen LogP contribution in [0.4, 0.5) is 4.39 Å². The summed E-state index contributed by atoms with van der Waals surface area (Å²) < 4.78 is 16.2. The minimum atomic E-state index is -1.13. The van der Waals surface area contributed by atoms with Gasteiger partial charge in [0.25, 0.3) is 0 Å². The first-order valence-corrected chi connectivity index (χ1v) is 8.63. The van der Waals surface area contributed by atoms with Crippen molar-refractivity contribution in [2.45, 2.75) is 6.54 Å². The van der Waals surface area contributed by atoms with Crippen molar-refractivity contribution < 1.29 is 14.3 Å². The molecule has 0 aliphatic carbocycles. The number of benzene rings is 2. The fourth-order valence-corrected chi connectivity index (χ4v) is 3.50. The number of carbonyl (C=O) groups is 1. The third-order valence-electron chi connectivity index (χ3n) is 4.43. The summed E-state index contributed by atoms with van der Waals surface area (Å²) in [5.74, 6) is -1.62. The number of halogens is 2. The largest absolute Gasteiger partial charge is 0.477 e. The number of hydrogen-bond acceptors (Lipinski definition) is 2. The van der Waals surface area contributed by atoms with Crippen molar-refractivity contribution in [3.05, 3.63) is 89.1 Å². The molecule has 6 heteroatoms. The Hall–Kier alpha value is -3.18. The molecule has 0 bridgehead atoms. The lowest BCUT2D eigenvalue weighted by atomic mass is 10.0. The first-order chi connectivity index (χ1) is 13.1. The smallest absolute Gasteiger partial charge is 0.353 e. The van der Waals surface area contributed by atoms with E-state index in [1.165, 1.54) is 6.07 Å². The number of aromatic nitrogens is 2. The summed E-state index contributed by atoms with van der Waals surface area (Å²) in [5, 5.41) is 11.0. The molecule has 0 amide bonds. The van der Waals surface area contributed by atoms with E-state index in [4.69, 9.17) is 11.6 Å². The van der Waals surface area contributed by atoms with Crippen molar-refractivity contribution in [3.8, 4) is 11.1 Å². The first kappa shape index (κ1) is 17.2. The van der Waals surface area contributed by atoms with Gasteiger partial charge in [0, 0.05) is 46.0 Å². The zero-order chi connectivity index (χ0) is 19.0. The summed E-state index contributed by atoms with van der Waals surface area (Å²) in [6.07, 6.45) is 3.33. The number of carboxylic acids is 1. The molecule has 0 unspecified atom stereocenters. The number of fused-ring (bicyclic) bond motifs is 1. The van der Waals surface area contributed by atoms with Crippen molar-refractivity contribution in [2.75, 3.05) is 0 Å². The zero-order valence-electron chi connectivity index (χ0n) is 14.1. The van der Waals surface area contributed by atoms with Crippen molar-refractivity contribution in [1.29, 1.82) is 0 Å². The van der Waals surface area contributed by atoms with E-state index in [0.29, 0.717) is 28.0 Å². The molecule has 2 aromatic heterocycles. The third kappa shape index (κ3) is 3.06. The molecule has 4 rings (SSSR count). The van der Waals surface area contributed by atoms with Crippen LogP contribution in [0.15, 0.2) is 67.0 Å². The van der Waals surface area contributed by atoms with E-state index in [-0.39, 0.29) is 11.3 Å². The standard InChI is InChI=1S/C21H14ClFN2O2/c22-14-7-8-18-16(10-14)19(15-5-1-2-6-17(15)23)20(21(26)27)25(18)12-13-4-3-9-24-11-13/h1-11H,12H2,(H,26,27). The number of rotatable bonds is 4. The maximum Gasteiger partial charge on any atom is 0.353 e. The van der Waals surface area contributed by atoms with Crippen LogP contribution in [0.2, 0.25) is 5.02 Å². The second kappa shape index (κ2) is 6.85. The van der Waals surface area contributed by atoms with Crippen LogP contribution in [-0.2, 0) is 6.54 Å². The van der Waals surface area contributed by atoms with Crippen LogP contribution in [0.3, 0.4) is 0 Å². The molecule has 0 saturated heterocycles. The molecule has 1 N–H and O–H groups in total. The SMILES string of the molecule is O=C(O)c1c(-c2ccccc2F)c2cc(Cl)ccc2n1Cc1cccnc1. The van der Waals surface area contributed by atoms with Gasteiger partial charge in [-0.15, -0.1) is 0 Å². The highest BCUT2D eigenvalue weighted by atomic mass is 35.5. The fraction of sp³-hybridized carbons (Fsp3) is 0.0476. The van der Waals surface area contributed by atoms with E-state index in [0.717, 1.165) is 5.56 Å². The third-order valence-corrected chi connectivity index (χ3v) is 4.67. The Labute approximate surface area is 159 Å². The minimum absolute atomic E-state index is 0.0150. The van der Waals surface area contributed by atoms with E-state index < -0.39 is 11.8 Å². The molecular weight excluding hydrogens is 367 g/mol. The number of nitrogens with zero attached hydrogens (tertiary/aromatic N) is 2. The molecule has 0 radical (unpaired) electrons. The summed E-state index contributed by atoms with van der Waals surface area (Å²) in [5.41, 5.74) is 2.07. The van der Waals surface area contributed by atoms with Gasteiger partial charge in [0.2, 0.25) is 0 Å². The minimum Gasteiger partial charge on any atom is -0.477 e. The Bertz CT molecular complexity index is 1160. The van der Waals surface area contributed by atoms with Crippen molar-refractivity contribution in [2.24, 2.45) is 0 Å². The first-order valence-electron chi connectivity index (χ1n) is 8.25. The lowest BCUT2D eigenvalue weighted by Gasteiger charge is -2.09. The topological polar surface area (TPSA) is 55.1 Å². The van der Waals surface area contributed by atoms with E-state index in [1.807, 2.05) is 6.07 Å². The molecule has 0 atom stereocenters. The highest BCUT2D eigenvalue weighted by Gasteiger charge is 2.25. The van der Waals surface area contributed by atoms with Crippen molar-refractivity contribution in [1.82, 2.24) is 9.55 Å². The van der Waals surface area contributed by atoms with Gasteiger partial charge in [-0.1, -0.05) is 35.9 Å². The van der Waals surface area contributed by atoms with Crippen LogP contribution >= 0.6 is 11.6 Å². The average Bonchev–Trinajstić information content (AvgIpc) is 2.96. The van der Waals surface area contributed by atoms with Gasteiger partial charge in [0.1, 0.15) is 11.5 Å². The summed E-state index contributed by atoms with van der Waals surface area (Å²) >= 11 is 6.16.